The van der Waals surface area contributed by atoms with Gasteiger partial charge in [-0.15, -0.1) is 0 Å². The molecule has 0 saturated carbocycles. The normalized spacial score (nSPS) is 30.6. The van der Waals surface area contributed by atoms with Crippen LogP contribution in [0.1, 0.15) is 26.7 Å². The zero-order valence-electron chi connectivity index (χ0n) is 9.94. The van der Waals surface area contributed by atoms with Crippen molar-refractivity contribution in [2.75, 3.05) is 13.1 Å². The van der Waals surface area contributed by atoms with Crippen LogP contribution in [0.5, 0.6) is 0 Å². The number of nitrogens with zero attached hydrogens (tertiary/aromatic N) is 2. The molecule has 0 radical (unpaired) electrons. The van der Waals surface area contributed by atoms with Gasteiger partial charge >= 0.3 is 0 Å². The molecule has 2 heterocycles. The van der Waals surface area contributed by atoms with Crippen molar-refractivity contribution in [3.8, 4) is 0 Å². The van der Waals surface area contributed by atoms with Crippen molar-refractivity contribution in [1.29, 1.82) is 0 Å². The first-order chi connectivity index (χ1) is 7.59. The number of nitrogens with two attached hydrogens (primary N) is 1. The van der Waals surface area contributed by atoms with E-state index in [1.54, 1.807) is 0 Å². The molecule has 16 heavy (non-hydrogen) atoms. The van der Waals surface area contributed by atoms with Crippen molar-refractivity contribution in [2.45, 2.75) is 38.8 Å². The highest BCUT2D eigenvalue weighted by atomic mass is 16.2. The lowest BCUT2D eigenvalue weighted by Gasteiger charge is -2.36. The highest BCUT2D eigenvalue weighted by Crippen LogP contribution is 2.27. The number of fused-ring (bicyclic) bond motifs is 1. The van der Waals surface area contributed by atoms with Crippen LogP contribution in [0.4, 0.5) is 0 Å². The smallest absolute Gasteiger partial charge is 0.225 e. The van der Waals surface area contributed by atoms with Gasteiger partial charge in [-0.1, -0.05) is 0 Å². The molecule has 3 N–H and O–H groups in total. The predicted molar refractivity (Wildman–Crippen MR) is 63.0 cm³/mol. The Kier molecular flexibility index (Phi) is 3.03. The molecule has 90 valence electrons. The second kappa shape index (κ2) is 4.31. The van der Waals surface area contributed by atoms with Gasteiger partial charge in [-0.05, 0) is 26.7 Å². The van der Waals surface area contributed by atoms with E-state index in [2.05, 4.69) is 15.2 Å². The van der Waals surface area contributed by atoms with Crippen molar-refractivity contribution in [1.82, 2.24) is 10.2 Å². The van der Waals surface area contributed by atoms with Crippen molar-refractivity contribution in [2.24, 2.45) is 16.6 Å². The summed E-state index contributed by atoms with van der Waals surface area (Å²) < 4.78 is 0. The number of nitrogens with one attached hydrogen (secondary N) is 1. The van der Waals surface area contributed by atoms with Gasteiger partial charge in [-0.3, -0.25) is 9.79 Å². The molecule has 2 atom stereocenters. The lowest BCUT2D eigenvalue weighted by atomic mass is 9.92. The summed E-state index contributed by atoms with van der Waals surface area (Å²) in [6.45, 7) is 5.63. The number of aliphatic imine (C=N–C) groups is 1. The minimum absolute atomic E-state index is 0.106. The number of carbonyl (C=O) groups excluding carboxylic acids is 1. The fraction of sp³-hybridized carbons (Fsp3) is 0.818. The second-order valence-corrected chi connectivity index (χ2v) is 4.84. The third-order valence-electron chi connectivity index (χ3n) is 3.29. The largest absolute Gasteiger partial charge is 0.370 e. The molecule has 0 spiro atoms. The molecule has 5 nitrogen and oxygen atoms in total. The number of guanidine groups is 1. The molecule has 0 aromatic carbocycles. The van der Waals surface area contributed by atoms with Crippen molar-refractivity contribution in [3.63, 3.8) is 0 Å². The van der Waals surface area contributed by atoms with E-state index in [-0.39, 0.29) is 23.9 Å². The molecular weight excluding hydrogens is 204 g/mol. The molecule has 1 amide bonds. The average molecular weight is 224 g/mol. The number of likely N-dealkylation sites (tertiary alicyclic amines) is 1. The fourth-order valence-electron chi connectivity index (χ4n) is 2.57. The third-order valence-corrected chi connectivity index (χ3v) is 3.29. The Bertz CT molecular complexity index is 313. The zero-order chi connectivity index (χ0) is 11.7. The number of carbonyl (C=O) groups is 1. The van der Waals surface area contributed by atoms with E-state index >= 15 is 0 Å². The van der Waals surface area contributed by atoms with Crippen molar-refractivity contribution in [3.05, 3.63) is 0 Å². The summed E-state index contributed by atoms with van der Waals surface area (Å²) in [5.74, 6) is 0.864. The summed E-state index contributed by atoms with van der Waals surface area (Å²) >= 11 is 0. The highest BCUT2D eigenvalue weighted by Gasteiger charge is 2.41. The Morgan fingerprint density at radius 3 is 3.06 bits per heavy atom. The second-order valence-electron chi connectivity index (χ2n) is 4.84. The van der Waals surface area contributed by atoms with Crippen LogP contribution in [0, 0.1) is 5.92 Å². The zero-order valence-corrected chi connectivity index (χ0v) is 9.94. The minimum Gasteiger partial charge on any atom is -0.370 e. The van der Waals surface area contributed by atoms with Gasteiger partial charge in [-0.25, -0.2) is 0 Å². The molecule has 2 aliphatic rings. The van der Waals surface area contributed by atoms with Crippen LogP contribution in [-0.4, -0.2) is 41.9 Å². The fourth-order valence-corrected chi connectivity index (χ4v) is 2.57. The Hall–Kier alpha value is -1.26. The summed E-state index contributed by atoms with van der Waals surface area (Å²) in [7, 11) is 0. The van der Waals surface area contributed by atoms with Crippen LogP contribution < -0.4 is 11.1 Å². The lowest BCUT2D eigenvalue weighted by molar-refractivity contribution is -0.123. The number of hydrogen-bond donors (Lipinski definition) is 2. The van der Waals surface area contributed by atoms with Crippen LogP contribution in [-0.2, 0) is 4.79 Å². The van der Waals surface area contributed by atoms with Crippen LogP contribution >= 0.6 is 0 Å². The van der Waals surface area contributed by atoms with Crippen LogP contribution in [0.3, 0.4) is 0 Å². The Morgan fingerprint density at radius 2 is 2.38 bits per heavy atom. The monoisotopic (exact) mass is 224 g/mol. The van der Waals surface area contributed by atoms with Crippen molar-refractivity contribution >= 4 is 11.9 Å². The molecule has 0 aromatic heterocycles. The molecule has 2 aliphatic heterocycles. The Morgan fingerprint density at radius 1 is 1.62 bits per heavy atom. The third kappa shape index (κ3) is 1.99. The molecule has 2 unspecified atom stereocenters. The first-order valence-electron chi connectivity index (χ1n) is 5.97. The standard InChI is InChI=1S/C11H20N4O/c1-7(2)14-11(12)15-5-3-4-8-9(15)6-13-10(8)16/h7-9H,3-6H2,1-2H3,(H2,12,14)(H,13,16). The molecular formula is C11H20N4O. The van der Waals surface area contributed by atoms with E-state index in [0.29, 0.717) is 12.5 Å². The average Bonchev–Trinajstić information content (AvgIpc) is 2.59. The van der Waals surface area contributed by atoms with E-state index in [9.17, 15) is 4.79 Å². The maximum atomic E-state index is 11.6. The molecule has 2 rings (SSSR count). The summed E-state index contributed by atoms with van der Waals surface area (Å²) in [5.41, 5.74) is 5.99. The van der Waals surface area contributed by atoms with Crippen LogP contribution in [0.2, 0.25) is 0 Å². The summed E-state index contributed by atoms with van der Waals surface area (Å²) in [5, 5.41) is 2.91. The first-order valence-corrected chi connectivity index (χ1v) is 5.97. The van der Waals surface area contributed by atoms with E-state index in [0.717, 1.165) is 19.4 Å². The predicted octanol–water partition coefficient (Wildman–Crippen LogP) is -0.0801. The molecule has 0 aliphatic carbocycles. The van der Waals surface area contributed by atoms with E-state index in [1.807, 2.05) is 13.8 Å². The molecule has 2 fully saturated rings. The molecule has 5 heteroatoms. The van der Waals surface area contributed by atoms with Gasteiger partial charge < -0.3 is 16.0 Å². The van der Waals surface area contributed by atoms with Crippen LogP contribution in [0.25, 0.3) is 0 Å². The van der Waals surface area contributed by atoms with Gasteiger partial charge in [0.2, 0.25) is 5.91 Å². The number of amides is 1. The molecule has 0 bridgehead atoms. The molecule has 2 saturated heterocycles. The van der Waals surface area contributed by atoms with E-state index < -0.39 is 0 Å². The van der Waals surface area contributed by atoms with Gasteiger partial charge in [-0.2, -0.15) is 0 Å². The Labute approximate surface area is 96.1 Å². The van der Waals surface area contributed by atoms with Gasteiger partial charge in [0.15, 0.2) is 5.96 Å². The maximum absolute atomic E-state index is 11.6. The molecule has 0 aromatic rings. The van der Waals surface area contributed by atoms with Crippen LogP contribution in [0.15, 0.2) is 4.99 Å². The summed E-state index contributed by atoms with van der Waals surface area (Å²) in [6, 6.07) is 0.411. The van der Waals surface area contributed by atoms with Crippen molar-refractivity contribution < 1.29 is 4.79 Å². The summed E-state index contributed by atoms with van der Waals surface area (Å²) in [4.78, 5) is 18.0. The quantitative estimate of drug-likeness (QED) is 0.483. The van der Waals surface area contributed by atoms with E-state index in [1.165, 1.54) is 0 Å². The van der Waals surface area contributed by atoms with Gasteiger partial charge in [0.25, 0.3) is 0 Å². The SMILES string of the molecule is CC(C)N=C(N)N1CCCC2C(=O)NCC21. The minimum atomic E-state index is 0.106. The van der Waals surface area contributed by atoms with Gasteiger partial charge in [0, 0.05) is 19.1 Å². The van der Waals surface area contributed by atoms with Gasteiger partial charge in [0.05, 0.1) is 12.0 Å². The summed E-state index contributed by atoms with van der Waals surface area (Å²) in [6.07, 6.45) is 1.99. The van der Waals surface area contributed by atoms with Gasteiger partial charge in [0.1, 0.15) is 0 Å². The number of rotatable bonds is 1. The topological polar surface area (TPSA) is 70.7 Å². The highest BCUT2D eigenvalue weighted by molar-refractivity contribution is 5.85. The number of hydrogen-bond acceptors (Lipinski definition) is 2. The van der Waals surface area contributed by atoms with E-state index in [4.69, 9.17) is 5.73 Å². The first kappa shape index (κ1) is 11.2. The lowest BCUT2D eigenvalue weighted by Crippen LogP contribution is -2.51. The maximum Gasteiger partial charge on any atom is 0.225 e. The number of piperidine rings is 1. The Balaban J connectivity index is 2.13.